The van der Waals surface area contributed by atoms with Gasteiger partial charge in [0, 0.05) is 12.1 Å². The van der Waals surface area contributed by atoms with Crippen molar-refractivity contribution in [3.8, 4) is 0 Å². The molecular weight excluding hydrogens is 344 g/mol. The molecule has 24 heavy (non-hydrogen) atoms. The van der Waals surface area contributed by atoms with Crippen LogP contribution < -0.4 is 16.3 Å². The minimum Gasteiger partial charge on any atom is -0.312 e. The van der Waals surface area contributed by atoms with Gasteiger partial charge in [0.05, 0.1) is 6.61 Å². The summed E-state index contributed by atoms with van der Waals surface area (Å²) in [6.07, 6.45) is 3.73. The summed E-state index contributed by atoms with van der Waals surface area (Å²) in [6, 6.07) is -1.74. The molecule has 1 aliphatic heterocycles. The maximum Gasteiger partial charge on any atom is 0.418 e. The van der Waals surface area contributed by atoms with Crippen LogP contribution in [-0.4, -0.2) is 61.6 Å². The van der Waals surface area contributed by atoms with Gasteiger partial charge in [0.2, 0.25) is 0 Å². The number of likely N-dealkylation sites (N-methyl/N-ethyl adjacent to an activating group) is 1. The van der Waals surface area contributed by atoms with Crippen LogP contribution in [0.4, 0.5) is 4.79 Å². The van der Waals surface area contributed by atoms with E-state index in [0.29, 0.717) is 19.4 Å². The number of carbonyl (C=O) groups is 2. The number of hydrogen-bond donors (Lipinski definition) is 4. The Morgan fingerprint density at radius 2 is 2.00 bits per heavy atom. The van der Waals surface area contributed by atoms with Crippen LogP contribution in [0.15, 0.2) is 0 Å². The number of rotatable bonds is 7. The van der Waals surface area contributed by atoms with Gasteiger partial charge in [0.1, 0.15) is 6.04 Å². The van der Waals surface area contributed by atoms with Crippen molar-refractivity contribution in [2.75, 3.05) is 20.2 Å². The Morgan fingerprint density at radius 1 is 1.29 bits per heavy atom. The number of amides is 3. The Kier molecular flexibility index (Phi) is 5.98. The fourth-order valence-electron chi connectivity index (χ4n) is 2.52. The second-order valence-electron chi connectivity index (χ2n) is 5.91. The molecule has 138 valence electrons. The second-order valence-corrected chi connectivity index (χ2v) is 6.93. The molecule has 1 aliphatic carbocycles. The van der Waals surface area contributed by atoms with Gasteiger partial charge in [-0.3, -0.25) is 14.2 Å². The molecule has 1 atom stereocenters. The lowest BCUT2D eigenvalue weighted by molar-refractivity contribution is -0.140. The molecule has 0 bridgehead atoms. The molecule has 0 aromatic rings. The number of urea groups is 1. The lowest BCUT2D eigenvalue weighted by Crippen LogP contribution is -2.55. The molecule has 0 spiro atoms. The Morgan fingerprint density at radius 3 is 2.58 bits per heavy atom. The van der Waals surface area contributed by atoms with Gasteiger partial charge in [-0.15, -0.1) is 4.28 Å². The average Bonchev–Trinajstić information content (AvgIpc) is 3.32. The fourth-order valence-corrected chi connectivity index (χ4v) is 2.70. The SMILES string of the molecule is CNC1(CONC(=O)[C@@H]2CCCCN2C(=O)NOS(=O)(=O)O)CC1. The summed E-state index contributed by atoms with van der Waals surface area (Å²) in [5, 5.41) is 3.12. The van der Waals surface area contributed by atoms with E-state index in [1.807, 2.05) is 7.05 Å². The zero-order chi connectivity index (χ0) is 17.8. The third kappa shape index (κ3) is 5.27. The summed E-state index contributed by atoms with van der Waals surface area (Å²) < 4.78 is 33.3. The van der Waals surface area contributed by atoms with Crippen LogP contribution in [0.1, 0.15) is 32.1 Å². The first-order valence-electron chi connectivity index (χ1n) is 7.59. The van der Waals surface area contributed by atoms with E-state index in [4.69, 9.17) is 9.39 Å². The minimum absolute atomic E-state index is 0.0970. The van der Waals surface area contributed by atoms with Crippen LogP contribution in [0.25, 0.3) is 0 Å². The molecule has 4 N–H and O–H groups in total. The highest BCUT2D eigenvalue weighted by Crippen LogP contribution is 2.34. The molecule has 0 aromatic carbocycles. The van der Waals surface area contributed by atoms with Crippen LogP contribution in [0.5, 0.6) is 0 Å². The second kappa shape index (κ2) is 7.61. The van der Waals surface area contributed by atoms with Crippen LogP contribution in [0, 0.1) is 0 Å². The van der Waals surface area contributed by atoms with Crippen molar-refractivity contribution in [2.24, 2.45) is 0 Å². The third-order valence-corrected chi connectivity index (χ3v) is 4.50. The van der Waals surface area contributed by atoms with E-state index in [0.717, 1.165) is 24.2 Å². The molecule has 2 aliphatic rings. The number of piperidine rings is 1. The molecule has 1 saturated carbocycles. The molecule has 11 nitrogen and oxygen atoms in total. The minimum atomic E-state index is -4.81. The Labute approximate surface area is 139 Å². The van der Waals surface area contributed by atoms with E-state index in [1.54, 1.807) is 5.48 Å². The number of hydrogen-bond acceptors (Lipinski definition) is 7. The van der Waals surface area contributed by atoms with E-state index in [1.165, 1.54) is 0 Å². The maximum absolute atomic E-state index is 12.2. The first kappa shape index (κ1) is 18.9. The van der Waals surface area contributed by atoms with Crippen molar-refractivity contribution in [3.63, 3.8) is 0 Å². The van der Waals surface area contributed by atoms with E-state index in [-0.39, 0.29) is 12.1 Å². The van der Waals surface area contributed by atoms with Crippen LogP contribution in [0.2, 0.25) is 0 Å². The molecule has 12 heteroatoms. The highest BCUT2D eigenvalue weighted by molar-refractivity contribution is 7.80. The summed E-state index contributed by atoms with van der Waals surface area (Å²) in [7, 11) is -2.99. The van der Waals surface area contributed by atoms with Crippen LogP contribution >= 0.6 is 0 Å². The quantitative estimate of drug-likeness (QED) is 0.334. The molecule has 3 amide bonds. The van der Waals surface area contributed by atoms with E-state index >= 15 is 0 Å². The molecule has 1 heterocycles. The van der Waals surface area contributed by atoms with E-state index < -0.39 is 28.4 Å². The molecule has 2 fully saturated rings. The monoisotopic (exact) mass is 366 g/mol. The molecule has 2 rings (SSSR count). The molecule has 0 aromatic heterocycles. The van der Waals surface area contributed by atoms with Crippen LogP contribution in [0.3, 0.4) is 0 Å². The zero-order valence-electron chi connectivity index (χ0n) is 13.3. The van der Waals surface area contributed by atoms with Gasteiger partial charge in [0.15, 0.2) is 0 Å². The van der Waals surface area contributed by atoms with Crippen molar-refractivity contribution in [1.82, 2.24) is 21.2 Å². The van der Waals surface area contributed by atoms with Crippen molar-refractivity contribution in [3.05, 3.63) is 0 Å². The van der Waals surface area contributed by atoms with Crippen molar-refractivity contribution < 1.29 is 31.7 Å². The Bertz CT molecular complexity index is 578. The average molecular weight is 366 g/mol. The summed E-state index contributed by atoms with van der Waals surface area (Å²) in [5.41, 5.74) is 3.83. The first-order valence-corrected chi connectivity index (χ1v) is 8.96. The van der Waals surface area contributed by atoms with Crippen molar-refractivity contribution in [1.29, 1.82) is 0 Å². The lowest BCUT2D eigenvalue weighted by Gasteiger charge is -2.33. The predicted octanol–water partition coefficient (Wildman–Crippen LogP) is -0.915. The Hall–Kier alpha value is -1.47. The van der Waals surface area contributed by atoms with Gasteiger partial charge in [-0.1, -0.05) is 0 Å². The third-order valence-electron chi connectivity index (χ3n) is 4.21. The fraction of sp³-hybridized carbons (Fsp3) is 0.833. The van der Waals surface area contributed by atoms with E-state index in [2.05, 4.69) is 15.1 Å². The molecule has 1 saturated heterocycles. The van der Waals surface area contributed by atoms with Crippen LogP contribution in [-0.2, 0) is 24.3 Å². The smallest absolute Gasteiger partial charge is 0.312 e. The van der Waals surface area contributed by atoms with Gasteiger partial charge in [-0.25, -0.2) is 10.3 Å². The van der Waals surface area contributed by atoms with Gasteiger partial charge < -0.3 is 10.2 Å². The van der Waals surface area contributed by atoms with Gasteiger partial charge in [-0.2, -0.15) is 13.9 Å². The van der Waals surface area contributed by atoms with Gasteiger partial charge in [0.25, 0.3) is 5.91 Å². The van der Waals surface area contributed by atoms with E-state index in [9.17, 15) is 18.0 Å². The number of carbonyl (C=O) groups excluding carboxylic acids is 2. The summed E-state index contributed by atoms with van der Waals surface area (Å²) >= 11 is 0. The number of nitrogens with zero attached hydrogens (tertiary/aromatic N) is 1. The molecular formula is C12H22N4O7S. The molecule has 0 unspecified atom stereocenters. The highest BCUT2D eigenvalue weighted by atomic mass is 32.3. The summed E-state index contributed by atoms with van der Waals surface area (Å²) in [4.78, 5) is 30.5. The van der Waals surface area contributed by atoms with Gasteiger partial charge in [-0.05, 0) is 39.2 Å². The maximum atomic E-state index is 12.2. The largest absolute Gasteiger partial charge is 0.418 e. The van der Waals surface area contributed by atoms with Gasteiger partial charge >= 0.3 is 16.4 Å². The summed E-state index contributed by atoms with van der Waals surface area (Å²) in [5.74, 6) is -0.497. The predicted molar refractivity (Wildman–Crippen MR) is 80.6 cm³/mol. The van der Waals surface area contributed by atoms with Crippen molar-refractivity contribution in [2.45, 2.75) is 43.7 Å². The number of hydroxylamine groups is 2. The number of nitrogens with one attached hydrogen (secondary N) is 3. The summed E-state index contributed by atoms with van der Waals surface area (Å²) in [6.45, 7) is 0.569. The number of likely N-dealkylation sites (tertiary alicyclic amines) is 1. The zero-order valence-corrected chi connectivity index (χ0v) is 14.1. The highest BCUT2D eigenvalue weighted by Gasteiger charge is 2.42. The first-order chi connectivity index (χ1) is 11.3. The molecule has 0 radical (unpaired) electrons. The normalized spacial score (nSPS) is 22.8. The Balaban J connectivity index is 1.85. The lowest BCUT2D eigenvalue weighted by atomic mass is 10.0. The standard InChI is InChI=1S/C12H22N4O7S/c1-13-12(5-6-12)8-22-14-10(17)9-4-2-3-7-16(9)11(18)15-23-24(19,20)21/h9,13H,2-8H2,1H3,(H,14,17)(H,15,18)(H,19,20,21)/t9-/m0/s1. The topological polar surface area (TPSA) is 146 Å². The van der Waals surface area contributed by atoms with Crippen molar-refractivity contribution >= 4 is 22.3 Å².